The minimum absolute atomic E-state index is 0.772. The molecule has 0 aliphatic heterocycles. The third-order valence-electron chi connectivity index (χ3n) is 0.956. The summed E-state index contributed by atoms with van der Waals surface area (Å²) < 4.78 is 37.6. The monoisotopic (exact) mass is 270 g/mol. The van der Waals surface area contributed by atoms with Gasteiger partial charge in [-0.05, 0) is 0 Å². The van der Waals surface area contributed by atoms with Crippen molar-refractivity contribution in [2.24, 2.45) is 0 Å². The summed E-state index contributed by atoms with van der Waals surface area (Å²) >= 11 is 15.4. The molecule has 0 fully saturated rings. The average molecular weight is 271 g/mol. The van der Waals surface area contributed by atoms with Gasteiger partial charge in [-0.2, -0.15) is 13.2 Å². The summed E-state index contributed by atoms with van der Waals surface area (Å²) in [5, 5.41) is 0. The van der Waals surface area contributed by atoms with Crippen LogP contribution in [0.25, 0.3) is 0 Å². The lowest BCUT2D eigenvalue weighted by Gasteiger charge is -2.13. The largest absolute Gasteiger partial charge is 0.458 e. The minimum Gasteiger partial charge on any atom is -0.458 e. The van der Waals surface area contributed by atoms with E-state index in [0.717, 1.165) is 0 Å². The highest BCUT2D eigenvalue weighted by Gasteiger charge is 2.38. The normalized spacial score (nSPS) is 12.4. The molecule has 0 aliphatic carbocycles. The first-order chi connectivity index (χ1) is 6.04. The van der Waals surface area contributed by atoms with Crippen LogP contribution in [0.2, 0.25) is 0 Å². The van der Waals surface area contributed by atoms with E-state index in [1.807, 2.05) is 0 Å². The van der Waals surface area contributed by atoms with Crippen LogP contribution in [-0.4, -0.2) is 22.5 Å². The lowest BCUT2D eigenvalue weighted by atomic mass is 10.3. The van der Waals surface area contributed by atoms with Crippen molar-refractivity contribution < 1.29 is 22.7 Å². The summed E-state index contributed by atoms with van der Waals surface area (Å²) in [5.74, 6) is -1.66. The summed E-state index contributed by atoms with van der Waals surface area (Å²) in [7, 11) is 0. The van der Waals surface area contributed by atoms with Gasteiger partial charge in [-0.3, -0.25) is 0 Å². The van der Waals surface area contributed by atoms with Gasteiger partial charge < -0.3 is 4.74 Å². The van der Waals surface area contributed by atoms with Crippen molar-refractivity contribution in [3.05, 3.63) is 12.2 Å². The second kappa shape index (κ2) is 4.59. The highest BCUT2D eigenvalue weighted by molar-refractivity contribution is 6.67. The molecule has 8 heteroatoms. The van der Waals surface area contributed by atoms with Crippen molar-refractivity contribution in [3.63, 3.8) is 0 Å². The SMILES string of the molecule is C=C(C(=O)OCC(Cl)(Cl)Cl)C(F)(F)F. The van der Waals surface area contributed by atoms with Gasteiger partial charge in [-0.1, -0.05) is 41.4 Å². The Bertz CT molecular complexity index is 244. The fourth-order valence-corrected chi connectivity index (χ4v) is 0.514. The number of ether oxygens (including phenoxy) is 1. The Hall–Kier alpha value is -0.130. The Balaban J connectivity index is 4.19. The molecule has 2 nitrogen and oxygen atoms in total. The molecular formula is C6H4Cl3F3O2. The van der Waals surface area contributed by atoms with Crippen molar-refractivity contribution in [3.8, 4) is 0 Å². The first-order valence-corrected chi connectivity index (χ1v) is 4.17. The van der Waals surface area contributed by atoms with Crippen LogP contribution in [0.5, 0.6) is 0 Å². The van der Waals surface area contributed by atoms with Crippen LogP contribution >= 0.6 is 34.8 Å². The molecule has 0 rings (SSSR count). The van der Waals surface area contributed by atoms with Crippen molar-refractivity contribution >= 4 is 40.8 Å². The minimum atomic E-state index is -4.84. The molecule has 0 bridgehead atoms. The molecule has 0 saturated carbocycles. The maximum Gasteiger partial charge on any atom is 0.422 e. The van der Waals surface area contributed by atoms with Crippen LogP contribution in [0, 0.1) is 0 Å². The number of esters is 1. The molecule has 0 N–H and O–H groups in total. The van der Waals surface area contributed by atoms with Gasteiger partial charge in [-0.15, -0.1) is 0 Å². The van der Waals surface area contributed by atoms with Gasteiger partial charge >= 0.3 is 12.1 Å². The van der Waals surface area contributed by atoms with E-state index in [9.17, 15) is 18.0 Å². The fraction of sp³-hybridized carbons (Fsp3) is 0.500. The maximum atomic E-state index is 11.8. The molecule has 0 aliphatic rings. The molecule has 14 heavy (non-hydrogen) atoms. The summed E-state index contributed by atoms with van der Waals surface area (Å²) in [6.45, 7) is 1.73. The number of hydrogen-bond donors (Lipinski definition) is 0. The van der Waals surface area contributed by atoms with Crippen LogP contribution in [0.1, 0.15) is 0 Å². The fourth-order valence-electron chi connectivity index (χ4n) is 0.350. The van der Waals surface area contributed by atoms with E-state index in [1.165, 1.54) is 0 Å². The van der Waals surface area contributed by atoms with Crippen LogP contribution < -0.4 is 0 Å². The Morgan fingerprint density at radius 3 is 2.00 bits per heavy atom. The molecule has 0 atom stereocenters. The van der Waals surface area contributed by atoms with Crippen LogP contribution in [0.4, 0.5) is 13.2 Å². The Morgan fingerprint density at radius 1 is 1.29 bits per heavy atom. The van der Waals surface area contributed by atoms with E-state index >= 15 is 0 Å². The average Bonchev–Trinajstić information content (AvgIpc) is 1.95. The molecule has 0 aromatic rings. The Kier molecular flexibility index (Phi) is 4.55. The van der Waals surface area contributed by atoms with E-state index in [-0.39, 0.29) is 0 Å². The Morgan fingerprint density at radius 2 is 1.71 bits per heavy atom. The van der Waals surface area contributed by atoms with E-state index in [4.69, 9.17) is 34.8 Å². The van der Waals surface area contributed by atoms with Gasteiger partial charge in [0.1, 0.15) is 12.2 Å². The van der Waals surface area contributed by atoms with Gasteiger partial charge in [0.25, 0.3) is 0 Å². The lowest BCUT2D eigenvalue weighted by molar-refractivity contribution is -0.150. The van der Waals surface area contributed by atoms with E-state index in [2.05, 4.69) is 11.3 Å². The zero-order valence-electron chi connectivity index (χ0n) is 6.50. The third kappa shape index (κ3) is 5.57. The van der Waals surface area contributed by atoms with Gasteiger partial charge in [0, 0.05) is 0 Å². The number of carbonyl (C=O) groups is 1. The smallest absolute Gasteiger partial charge is 0.422 e. The molecule has 0 unspecified atom stereocenters. The van der Waals surface area contributed by atoms with Gasteiger partial charge in [-0.25, -0.2) is 4.79 Å². The lowest BCUT2D eigenvalue weighted by Crippen LogP contribution is -2.24. The first kappa shape index (κ1) is 13.9. The van der Waals surface area contributed by atoms with Crippen molar-refractivity contribution in [2.45, 2.75) is 9.97 Å². The van der Waals surface area contributed by atoms with Crippen molar-refractivity contribution in [2.75, 3.05) is 6.61 Å². The topological polar surface area (TPSA) is 26.3 Å². The highest BCUT2D eigenvalue weighted by atomic mass is 35.6. The van der Waals surface area contributed by atoms with Crippen LogP contribution in [0.3, 0.4) is 0 Å². The number of rotatable bonds is 2. The number of alkyl halides is 6. The van der Waals surface area contributed by atoms with Gasteiger partial charge in [0.15, 0.2) is 0 Å². The Labute approximate surface area is 92.6 Å². The highest BCUT2D eigenvalue weighted by Crippen LogP contribution is 2.28. The summed E-state index contributed by atoms with van der Waals surface area (Å²) in [5.41, 5.74) is -1.65. The number of hydrogen-bond acceptors (Lipinski definition) is 2. The molecule has 0 heterocycles. The summed E-state index contributed by atoms with van der Waals surface area (Å²) in [6, 6.07) is 0. The molecule has 0 aromatic heterocycles. The zero-order valence-corrected chi connectivity index (χ0v) is 8.77. The van der Waals surface area contributed by atoms with E-state index < -0.39 is 28.1 Å². The van der Waals surface area contributed by atoms with Crippen LogP contribution in [-0.2, 0) is 9.53 Å². The van der Waals surface area contributed by atoms with E-state index in [1.54, 1.807) is 0 Å². The number of halogens is 6. The summed E-state index contributed by atoms with van der Waals surface area (Å²) in [6.07, 6.45) is -4.84. The predicted octanol–water partition coefficient (Wildman–Crippen LogP) is 3.02. The first-order valence-electron chi connectivity index (χ1n) is 3.04. The second-order valence-electron chi connectivity index (χ2n) is 2.17. The zero-order chi connectivity index (χ0) is 11.6. The van der Waals surface area contributed by atoms with Gasteiger partial charge in [0.2, 0.25) is 3.79 Å². The third-order valence-corrected chi connectivity index (χ3v) is 1.28. The van der Waals surface area contributed by atoms with E-state index in [0.29, 0.717) is 0 Å². The molecular weight excluding hydrogens is 267 g/mol. The number of carbonyl (C=O) groups excluding carboxylic acids is 1. The molecule has 0 aromatic carbocycles. The maximum absolute atomic E-state index is 11.8. The molecule has 0 spiro atoms. The standard InChI is InChI=1S/C6H4Cl3F3O2/c1-3(6(10,11)12)4(13)14-2-5(7,8)9/h1-2H2. The predicted molar refractivity (Wildman–Crippen MR) is 46.4 cm³/mol. The molecule has 0 amide bonds. The molecule has 82 valence electrons. The van der Waals surface area contributed by atoms with Gasteiger partial charge in [0.05, 0.1) is 0 Å². The van der Waals surface area contributed by atoms with Crippen molar-refractivity contribution in [1.29, 1.82) is 0 Å². The summed E-state index contributed by atoms with van der Waals surface area (Å²) in [4.78, 5) is 10.6. The van der Waals surface area contributed by atoms with Crippen molar-refractivity contribution in [1.82, 2.24) is 0 Å². The second-order valence-corrected chi connectivity index (χ2v) is 4.68. The van der Waals surface area contributed by atoms with Crippen LogP contribution in [0.15, 0.2) is 12.2 Å². The molecule has 0 radical (unpaired) electrons. The molecule has 0 saturated heterocycles. The quantitative estimate of drug-likeness (QED) is 0.438.